The van der Waals surface area contributed by atoms with Crippen LogP contribution in [0, 0.1) is 11.8 Å². The molecule has 1 aliphatic rings. The van der Waals surface area contributed by atoms with Crippen LogP contribution in [0.2, 0.25) is 0 Å². The first kappa shape index (κ1) is 13.0. The molecule has 1 fully saturated rings. The minimum atomic E-state index is 0.139. The van der Waals surface area contributed by atoms with Gasteiger partial charge in [0.2, 0.25) is 5.91 Å². The molecule has 0 unspecified atom stereocenters. The molecule has 1 amide bonds. The SMILES string of the molecule is CN(C(=O)C1CCC(CN)CC1)c1ccccn1. The topological polar surface area (TPSA) is 59.2 Å². The molecule has 2 rings (SSSR count). The van der Waals surface area contributed by atoms with Crippen LogP contribution in [-0.2, 0) is 4.79 Å². The number of carbonyl (C=O) groups is 1. The van der Waals surface area contributed by atoms with E-state index in [2.05, 4.69) is 4.98 Å². The number of rotatable bonds is 3. The average Bonchev–Trinajstić information content (AvgIpc) is 2.47. The number of hydrogen-bond donors (Lipinski definition) is 1. The molecular weight excluding hydrogens is 226 g/mol. The first-order valence-electron chi connectivity index (χ1n) is 6.61. The largest absolute Gasteiger partial charge is 0.330 e. The Labute approximate surface area is 108 Å². The highest BCUT2D eigenvalue weighted by atomic mass is 16.2. The number of nitrogens with two attached hydrogens (primary N) is 1. The molecule has 1 saturated carbocycles. The number of hydrogen-bond acceptors (Lipinski definition) is 3. The summed E-state index contributed by atoms with van der Waals surface area (Å²) < 4.78 is 0. The summed E-state index contributed by atoms with van der Waals surface area (Å²) in [4.78, 5) is 18.2. The van der Waals surface area contributed by atoms with Crippen molar-refractivity contribution >= 4 is 11.7 Å². The molecule has 0 saturated heterocycles. The Morgan fingerprint density at radius 2 is 2.11 bits per heavy atom. The molecule has 4 heteroatoms. The van der Waals surface area contributed by atoms with Crippen molar-refractivity contribution in [2.75, 3.05) is 18.5 Å². The van der Waals surface area contributed by atoms with E-state index in [1.54, 1.807) is 18.1 Å². The number of pyridine rings is 1. The number of anilines is 1. The standard InChI is InChI=1S/C14H21N3O/c1-17(13-4-2-3-9-16-13)14(18)12-7-5-11(10-15)6-8-12/h2-4,9,11-12H,5-8,10,15H2,1H3. The van der Waals surface area contributed by atoms with Crippen LogP contribution in [0.1, 0.15) is 25.7 Å². The van der Waals surface area contributed by atoms with Gasteiger partial charge in [-0.25, -0.2) is 4.98 Å². The lowest BCUT2D eigenvalue weighted by atomic mass is 9.81. The summed E-state index contributed by atoms with van der Waals surface area (Å²) in [6.45, 7) is 0.747. The molecule has 0 aliphatic heterocycles. The molecule has 1 aliphatic carbocycles. The fourth-order valence-corrected chi connectivity index (χ4v) is 2.58. The van der Waals surface area contributed by atoms with Crippen LogP contribution in [-0.4, -0.2) is 24.5 Å². The Morgan fingerprint density at radius 3 is 2.67 bits per heavy atom. The van der Waals surface area contributed by atoms with Gasteiger partial charge < -0.3 is 5.73 Å². The van der Waals surface area contributed by atoms with Gasteiger partial charge in [-0.3, -0.25) is 9.69 Å². The van der Waals surface area contributed by atoms with Crippen molar-refractivity contribution in [2.24, 2.45) is 17.6 Å². The number of aromatic nitrogens is 1. The van der Waals surface area contributed by atoms with E-state index < -0.39 is 0 Å². The maximum absolute atomic E-state index is 12.3. The highest BCUT2D eigenvalue weighted by Gasteiger charge is 2.28. The minimum absolute atomic E-state index is 0.139. The molecule has 4 nitrogen and oxygen atoms in total. The normalized spacial score (nSPS) is 23.7. The van der Waals surface area contributed by atoms with E-state index in [1.165, 1.54) is 0 Å². The van der Waals surface area contributed by atoms with E-state index in [-0.39, 0.29) is 11.8 Å². The molecule has 0 atom stereocenters. The van der Waals surface area contributed by atoms with Gasteiger partial charge in [-0.15, -0.1) is 0 Å². The first-order valence-corrected chi connectivity index (χ1v) is 6.61. The van der Waals surface area contributed by atoms with Crippen molar-refractivity contribution in [2.45, 2.75) is 25.7 Å². The van der Waals surface area contributed by atoms with E-state index in [0.717, 1.165) is 38.0 Å². The molecule has 0 aromatic carbocycles. The summed E-state index contributed by atoms with van der Waals surface area (Å²) in [6.07, 6.45) is 5.77. The molecule has 1 aromatic rings. The van der Waals surface area contributed by atoms with Gasteiger partial charge >= 0.3 is 0 Å². The molecule has 2 N–H and O–H groups in total. The molecule has 0 radical (unpaired) electrons. The van der Waals surface area contributed by atoms with Crippen LogP contribution in [0.15, 0.2) is 24.4 Å². The van der Waals surface area contributed by atoms with Crippen molar-refractivity contribution in [1.82, 2.24) is 4.98 Å². The predicted octanol–water partition coefficient (Wildman–Crippen LogP) is 1.81. The van der Waals surface area contributed by atoms with Gasteiger partial charge in [-0.1, -0.05) is 6.07 Å². The highest BCUT2D eigenvalue weighted by Crippen LogP contribution is 2.29. The van der Waals surface area contributed by atoms with Gasteiger partial charge in [0.25, 0.3) is 0 Å². The second-order valence-electron chi connectivity index (χ2n) is 5.04. The Morgan fingerprint density at radius 1 is 1.39 bits per heavy atom. The number of carbonyl (C=O) groups excluding carboxylic acids is 1. The van der Waals surface area contributed by atoms with Crippen LogP contribution in [0.3, 0.4) is 0 Å². The number of amides is 1. The predicted molar refractivity (Wildman–Crippen MR) is 72.1 cm³/mol. The molecule has 98 valence electrons. The van der Waals surface area contributed by atoms with Crippen LogP contribution in [0.4, 0.5) is 5.82 Å². The van der Waals surface area contributed by atoms with Gasteiger partial charge in [0.15, 0.2) is 0 Å². The second kappa shape index (κ2) is 5.96. The zero-order valence-electron chi connectivity index (χ0n) is 10.9. The summed E-state index contributed by atoms with van der Waals surface area (Å²) in [5, 5.41) is 0. The van der Waals surface area contributed by atoms with E-state index >= 15 is 0 Å². The van der Waals surface area contributed by atoms with Gasteiger partial charge in [0.1, 0.15) is 5.82 Å². The van der Waals surface area contributed by atoms with E-state index in [1.807, 2.05) is 18.2 Å². The van der Waals surface area contributed by atoms with Gasteiger partial charge in [0.05, 0.1) is 0 Å². The van der Waals surface area contributed by atoms with Crippen LogP contribution in [0.25, 0.3) is 0 Å². The van der Waals surface area contributed by atoms with Crippen LogP contribution in [0.5, 0.6) is 0 Å². The Hall–Kier alpha value is -1.42. The van der Waals surface area contributed by atoms with E-state index in [4.69, 9.17) is 5.73 Å². The summed E-state index contributed by atoms with van der Waals surface area (Å²) >= 11 is 0. The molecule has 1 heterocycles. The molecule has 0 bridgehead atoms. The van der Waals surface area contributed by atoms with Gasteiger partial charge in [-0.05, 0) is 50.3 Å². The smallest absolute Gasteiger partial charge is 0.230 e. The molecule has 18 heavy (non-hydrogen) atoms. The van der Waals surface area contributed by atoms with Crippen molar-refractivity contribution in [3.05, 3.63) is 24.4 Å². The fraction of sp³-hybridized carbons (Fsp3) is 0.571. The third-order valence-corrected chi connectivity index (χ3v) is 3.85. The lowest BCUT2D eigenvalue weighted by Gasteiger charge is -2.29. The van der Waals surface area contributed by atoms with Crippen molar-refractivity contribution < 1.29 is 4.79 Å². The fourth-order valence-electron chi connectivity index (χ4n) is 2.58. The maximum Gasteiger partial charge on any atom is 0.230 e. The third kappa shape index (κ3) is 2.88. The van der Waals surface area contributed by atoms with Gasteiger partial charge in [-0.2, -0.15) is 0 Å². The Balaban J connectivity index is 1.96. The molecular formula is C14H21N3O. The highest BCUT2D eigenvalue weighted by molar-refractivity contribution is 5.93. The maximum atomic E-state index is 12.3. The summed E-state index contributed by atoms with van der Waals surface area (Å²) in [6, 6.07) is 5.62. The zero-order valence-corrected chi connectivity index (χ0v) is 10.9. The van der Waals surface area contributed by atoms with E-state index in [0.29, 0.717) is 5.92 Å². The molecule has 0 spiro atoms. The monoisotopic (exact) mass is 247 g/mol. The quantitative estimate of drug-likeness (QED) is 0.886. The average molecular weight is 247 g/mol. The minimum Gasteiger partial charge on any atom is -0.330 e. The van der Waals surface area contributed by atoms with Crippen molar-refractivity contribution in [3.8, 4) is 0 Å². The summed E-state index contributed by atoms with van der Waals surface area (Å²) in [5.41, 5.74) is 5.67. The second-order valence-corrected chi connectivity index (χ2v) is 5.04. The summed E-state index contributed by atoms with van der Waals surface area (Å²) in [5.74, 6) is 1.65. The lowest BCUT2D eigenvalue weighted by Crippen LogP contribution is -2.36. The van der Waals surface area contributed by atoms with Crippen LogP contribution >= 0.6 is 0 Å². The van der Waals surface area contributed by atoms with Gasteiger partial charge in [0, 0.05) is 19.2 Å². The Bertz CT molecular complexity index is 385. The first-order chi connectivity index (χ1) is 8.72. The third-order valence-electron chi connectivity index (χ3n) is 3.85. The van der Waals surface area contributed by atoms with Crippen LogP contribution < -0.4 is 10.6 Å². The van der Waals surface area contributed by atoms with Crippen molar-refractivity contribution in [1.29, 1.82) is 0 Å². The molecule has 1 aromatic heterocycles. The summed E-state index contributed by atoms with van der Waals surface area (Å²) in [7, 11) is 1.81. The van der Waals surface area contributed by atoms with E-state index in [9.17, 15) is 4.79 Å². The lowest BCUT2D eigenvalue weighted by molar-refractivity contribution is -0.123. The zero-order chi connectivity index (χ0) is 13.0. The number of nitrogens with zero attached hydrogens (tertiary/aromatic N) is 2. The Kier molecular flexibility index (Phi) is 4.31. The van der Waals surface area contributed by atoms with Crippen molar-refractivity contribution in [3.63, 3.8) is 0 Å².